The van der Waals surface area contributed by atoms with Gasteiger partial charge in [0.1, 0.15) is 0 Å². The number of benzene rings is 2. The second-order valence-corrected chi connectivity index (χ2v) is 8.51. The second kappa shape index (κ2) is 8.81. The molecule has 148 valence electrons. The van der Waals surface area contributed by atoms with Gasteiger partial charge in [-0.1, -0.05) is 68.5 Å². The van der Waals surface area contributed by atoms with E-state index >= 15 is 0 Å². The van der Waals surface area contributed by atoms with Crippen LogP contribution < -0.4 is 10.2 Å². The standard InChI is InChI=1S/C25H32N2O/c1-19-18-23(26-21-12-6-3-7-13-21)22-14-8-9-15-24(22)27(19)25(28)17-16-20-10-4-2-5-11-20/h3,6-9,12-15,19-20,23,26H,2,4-5,10-11,16-18H2,1H3. The number of nitrogens with zero attached hydrogens (tertiary/aromatic N) is 1. The Kier molecular flexibility index (Phi) is 5.99. The molecular formula is C25H32N2O. The van der Waals surface area contributed by atoms with E-state index in [1.807, 2.05) is 6.07 Å². The van der Waals surface area contributed by atoms with Crippen LogP contribution in [0.4, 0.5) is 11.4 Å². The van der Waals surface area contributed by atoms with Gasteiger partial charge in [-0.25, -0.2) is 0 Å². The van der Waals surface area contributed by atoms with Gasteiger partial charge in [-0.15, -0.1) is 0 Å². The normalized spacial score (nSPS) is 22.5. The van der Waals surface area contributed by atoms with Gasteiger partial charge in [0.15, 0.2) is 0 Å². The minimum Gasteiger partial charge on any atom is -0.378 e. The summed E-state index contributed by atoms with van der Waals surface area (Å²) in [6, 6.07) is 19.2. The van der Waals surface area contributed by atoms with Crippen LogP contribution in [0.2, 0.25) is 0 Å². The Morgan fingerprint density at radius 1 is 1.00 bits per heavy atom. The Morgan fingerprint density at radius 3 is 2.50 bits per heavy atom. The molecule has 4 rings (SSSR count). The number of rotatable bonds is 5. The van der Waals surface area contributed by atoms with Crippen LogP contribution in [0.15, 0.2) is 54.6 Å². The highest BCUT2D eigenvalue weighted by Crippen LogP contribution is 2.39. The molecule has 1 aliphatic carbocycles. The smallest absolute Gasteiger partial charge is 0.227 e. The van der Waals surface area contributed by atoms with E-state index in [9.17, 15) is 4.79 Å². The molecule has 1 amide bonds. The number of amides is 1. The third kappa shape index (κ3) is 4.24. The van der Waals surface area contributed by atoms with Gasteiger partial charge in [-0.2, -0.15) is 0 Å². The maximum atomic E-state index is 13.2. The molecule has 1 N–H and O–H groups in total. The molecule has 0 bridgehead atoms. The fourth-order valence-electron chi connectivity index (χ4n) is 4.99. The van der Waals surface area contributed by atoms with E-state index in [1.165, 1.54) is 37.7 Å². The molecule has 2 aliphatic rings. The molecule has 2 unspecified atom stereocenters. The molecule has 1 saturated carbocycles. The van der Waals surface area contributed by atoms with Crippen LogP contribution in [0, 0.1) is 5.92 Å². The summed E-state index contributed by atoms with van der Waals surface area (Å²) >= 11 is 0. The summed E-state index contributed by atoms with van der Waals surface area (Å²) in [6.07, 6.45) is 9.34. The number of anilines is 2. The number of carbonyl (C=O) groups is 1. The molecule has 2 aromatic rings. The minimum atomic E-state index is 0.204. The van der Waals surface area contributed by atoms with Crippen molar-refractivity contribution in [3.05, 3.63) is 60.2 Å². The van der Waals surface area contributed by atoms with Gasteiger partial charge in [0.25, 0.3) is 0 Å². The van der Waals surface area contributed by atoms with E-state index in [2.05, 4.69) is 65.7 Å². The first-order chi connectivity index (χ1) is 13.7. The molecule has 1 aliphatic heterocycles. The van der Waals surface area contributed by atoms with Crippen LogP contribution in [0.3, 0.4) is 0 Å². The lowest BCUT2D eigenvalue weighted by Crippen LogP contribution is -2.44. The van der Waals surface area contributed by atoms with Crippen LogP contribution in [-0.2, 0) is 4.79 Å². The molecule has 2 aromatic carbocycles. The van der Waals surface area contributed by atoms with Gasteiger partial charge in [-0.3, -0.25) is 4.79 Å². The molecule has 2 atom stereocenters. The number of fused-ring (bicyclic) bond motifs is 1. The molecule has 3 heteroatoms. The number of para-hydroxylation sites is 2. The maximum Gasteiger partial charge on any atom is 0.227 e. The van der Waals surface area contributed by atoms with Gasteiger partial charge < -0.3 is 10.2 Å². The van der Waals surface area contributed by atoms with Crippen molar-refractivity contribution in [1.29, 1.82) is 0 Å². The first-order valence-electron chi connectivity index (χ1n) is 10.9. The van der Waals surface area contributed by atoms with E-state index in [-0.39, 0.29) is 12.1 Å². The quantitative estimate of drug-likeness (QED) is 0.662. The van der Waals surface area contributed by atoms with Crippen LogP contribution in [0.25, 0.3) is 0 Å². The van der Waals surface area contributed by atoms with Crippen molar-refractivity contribution in [2.75, 3.05) is 10.2 Å². The van der Waals surface area contributed by atoms with E-state index in [4.69, 9.17) is 0 Å². The average Bonchev–Trinajstić information content (AvgIpc) is 2.74. The van der Waals surface area contributed by atoms with Gasteiger partial charge in [0.2, 0.25) is 5.91 Å². The molecule has 1 heterocycles. The number of carbonyl (C=O) groups excluding carboxylic acids is 1. The fraction of sp³-hybridized carbons (Fsp3) is 0.480. The minimum absolute atomic E-state index is 0.204. The van der Waals surface area contributed by atoms with Crippen molar-refractivity contribution in [3.8, 4) is 0 Å². The van der Waals surface area contributed by atoms with Crippen molar-refractivity contribution in [1.82, 2.24) is 0 Å². The van der Waals surface area contributed by atoms with Crippen molar-refractivity contribution in [3.63, 3.8) is 0 Å². The third-order valence-electron chi connectivity index (χ3n) is 6.46. The predicted molar refractivity (Wildman–Crippen MR) is 117 cm³/mol. The lowest BCUT2D eigenvalue weighted by molar-refractivity contribution is -0.119. The summed E-state index contributed by atoms with van der Waals surface area (Å²) in [4.78, 5) is 15.3. The zero-order chi connectivity index (χ0) is 19.3. The maximum absolute atomic E-state index is 13.2. The van der Waals surface area contributed by atoms with E-state index in [1.54, 1.807) is 0 Å². The molecule has 0 spiro atoms. The molecule has 3 nitrogen and oxygen atoms in total. The highest BCUT2D eigenvalue weighted by atomic mass is 16.2. The number of hydrogen-bond acceptors (Lipinski definition) is 2. The van der Waals surface area contributed by atoms with Gasteiger partial charge >= 0.3 is 0 Å². The molecule has 0 aromatic heterocycles. The first kappa shape index (κ1) is 19.0. The van der Waals surface area contributed by atoms with Crippen molar-refractivity contribution >= 4 is 17.3 Å². The molecule has 1 fully saturated rings. The highest BCUT2D eigenvalue weighted by molar-refractivity contribution is 5.95. The van der Waals surface area contributed by atoms with E-state index in [0.29, 0.717) is 12.3 Å². The zero-order valence-electron chi connectivity index (χ0n) is 16.9. The summed E-state index contributed by atoms with van der Waals surface area (Å²) in [5.41, 5.74) is 3.45. The summed E-state index contributed by atoms with van der Waals surface area (Å²) in [5.74, 6) is 1.05. The lowest BCUT2D eigenvalue weighted by Gasteiger charge is -2.40. The van der Waals surface area contributed by atoms with Crippen molar-refractivity contribution in [2.45, 2.75) is 70.4 Å². The Labute approximate surface area is 169 Å². The third-order valence-corrected chi connectivity index (χ3v) is 6.46. The van der Waals surface area contributed by atoms with Crippen LogP contribution >= 0.6 is 0 Å². The average molecular weight is 377 g/mol. The predicted octanol–water partition coefficient (Wildman–Crippen LogP) is 6.33. The highest BCUT2D eigenvalue weighted by Gasteiger charge is 2.33. The van der Waals surface area contributed by atoms with Gasteiger partial charge in [-0.05, 0) is 49.4 Å². The molecular weight excluding hydrogens is 344 g/mol. The van der Waals surface area contributed by atoms with Crippen LogP contribution in [0.1, 0.15) is 69.9 Å². The van der Waals surface area contributed by atoms with Crippen molar-refractivity contribution in [2.24, 2.45) is 5.92 Å². The summed E-state index contributed by atoms with van der Waals surface area (Å²) in [5, 5.41) is 3.67. The fourth-order valence-corrected chi connectivity index (χ4v) is 4.99. The summed E-state index contributed by atoms with van der Waals surface area (Å²) < 4.78 is 0. The number of hydrogen-bond donors (Lipinski definition) is 1. The Bertz CT molecular complexity index is 782. The summed E-state index contributed by atoms with van der Waals surface area (Å²) in [6.45, 7) is 2.19. The lowest BCUT2D eigenvalue weighted by atomic mass is 9.85. The monoisotopic (exact) mass is 376 g/mol. The van der Waals surface area contributed by atoms with Gasteiger partial charge in [0.05, 0.1) is 6.04 Å². The first-order valence-corrected chi connectivity index (χ1v) is 10.9. The molecule has 0 saturated heterocycles. The Balaban J connectivity index is 1.49. The van der Waals surface area contributed by atoms with Crippen LogP contribution in [0.5, 0.6) is 0 Å². The van der Waals surface area contributed by atoms with E-state index < -0.39 is 0 Å². The Morgan fingerprint density at radius 2 is 1.71 bits per heavy atom. The molecule has 0 radical (unpaired) electrons. The molecule has 28 heavy (non-hydrogen) atoms. The van der Waals surface area contributed by atoms with Crippen molar-refractivity contribution < 1.29 is 4.79 Å². The van der Waals surface area contributed by atoms with E-state index in [0.717, 1.165) is 30.1 Å². The second-order valence-electron chi connectivity index (χ2n) is 8.51. The topological polar surface area (TPSA) is 32.3 Å². The Hall–Kier alpha value is -2.29. The number of nitrogens with one attached hydrogen (secondary N) is 1. The summed E-state index contributed by atoms with van der Waals surface area (Å²) in [7, 11) is 0. The zero-order valence-corrected chi connectivity index (χ0v) is 16.9. The SMILES string of the molecule is CC1CC(Nc2ccccc2)c2ccccc2N1C(=O)CCC1CCCCC1. The van der Waals surface area contributed by atoms with Gasteiger partial charge in [0, 0.05) is 23.8 Å². The van der Waals surface area contributed by atoms with Crippen LogP contribution in [-0.4, -0.2) is 11.9 Å². The largest absolute Gasteiger partial charge is 0.378 e.